The van der Waals surface area contributed by atoms with E-state index >= 15 is 0 Å². The highest BCUT2D eigenvalue weighted by Crippen LogP contribution is 2.43. The minimum absolute atomic E-state index is 0.278. The SMILES string of the molecule is Cc1nnc(S(=O)(=O)C(Br)(Br)Br)n1-c1ccc(S(=O)(=O)O)cc1. The van der Waals surface area contributed by atoms with Gasteiger partial charge in [0.15, 0.2) is 0 Å². The molecule has 0 spiro atoms. The first-order chi connectivity index (χ1) is 10.4. The van der Waals surface area contributed by atoms with Crippen LogP contribution in [0.15, 0.2) is 34.3 Å². The summed E-state index contributed by atoms with van der Waals surface area (Å²) in [4.78, 5) is -0.313. The minimum atomic E-state index is -4.34. The summed E-state index contributed by atoms with van der Waals surface area (Å²) in [6, 6.07) is 4.95. The lowest BCUT2D eigenvalue weighted by atomic mass is 10.3. The zero-order valence-corrected chi connectivity index (χ0v) is 17.6. The summed E-state index contributed by atoms with van der Waals surface area (Å²) in [5, 5.41) is 7.06. The molecule has 126 valence electrons. The molecule has 0 radical (unpaired) electrons. The molecule has 0 unspecified atom stereocenters. The molecule has 0 aliphatic rings. The molecule has 23 heavy (non-hydrogen) atoms. The van der Waals surface area contributed by atoms with Crippen molar-refractivity contribution in [1.29, 1.82) is 0 Å². The first-order valence-electron chi connectivity index (χ1n) is 5.67. The fourth-order valence-electron chi connectivity index (χ4n) is 1.68. The highest BCUT2D eigenvalue weighted by atomic mass is 80.0. The van der Waals surface area contributed by atoms with Crippen LogP contribution in [0.25, 0.3) is 5.69 Å². The monoisotopic (exact) mass is 551 g/mol. The van der Waals surface area contributed by atoms with Crippen LogP contribution >= 0.6 is 47.8 Å². The fourth-order valence-corrected chi connectivity index (χ4v) is 4.30. The molecule has 1 aromatic heterocycles. The van der Waals surface area contributed by atoms with Crippen LogP contribution in [0.3, 0.4) is 0 Å². The maximum Gasteiger partial charge on any atom is 0.294 e. The molecule has 2 rings (SSSR count). The van der Waals surface area contributed by atoms with Gasteiger partial charge in [0.05, 0.1) is 4.90 Å². The number of sulfone groups is 1. The second kappa shape index (κ2) is 6.19. The van der Waals surface area contributed by atoms with Crippen molar-refractivity contribution in [2.75, 3.05) is 0 Å². The molecule has 8 nitrogen and oxygen atoms in total. The third kappa shape index (κ3) is 3.69. The summed E-state index contributed by atoms with van der Waals surface area (Å²) in [6.45, 7) is 1.54. The van der Waals surface area contributed by atoms with Crippen LogP contribution in [-0.4, -0.2) is 37.6 Å². The predicted octanol–water partition coefficient (Wildman–Crippen LogP) is 2.39. The summed E-state index contributed by atoms with van der Waals surface area (Å²) < 4.78 is 55.7. The molecule has 0 fully saturated rings. The van der Waals surface area contributed by atoms with Gasteiger partial charge in [0.2, 0.25) is 11.3 Å². The number of hydrogen-bond donors (Lipinski definition) is 1. The molecule has 0 bridgehead atoms. The van der Waals surface area contributed by atoms with E-state index in [1.165, 1.54) is 16.7 Å². The molecule has 2 aromatic rings. The number of aromatic nitrogens is 3. The number of rotatable bonds is 3. The molecule has 0 amide bonds. The van der Waals surface area contributed by atoms with Crippen molar-refractivity contribution < 1.29 is 21.4 Å². The molecule has 1 aromatic carbocycles. The van der Waals surface area contributed by atoms with Crippen molar-refractivity contribution in [2.45, 2.75) is 18.5 Å². The Morgan fingerprint density at radius 3 is 2.00 bits per heavy atom. The van der Waals surface area contributed by atoms with E-state index in [9.17, 15) is 16.8 Å². The Labute approximate surface area is 157 Å². The zero-order chi connectivity index (χ0) is 17.6. The average Bonchev–Trinajstić information content (AvgIpc) is 2.79. The summed E-state index contributed by atoms with van der Waals surface area (Å²) in [5.74, 6) is 0.278. The smallest absolute Gasteiger partial charge is 0.282 e. The molecule has 0 saturated heterocycles. The van der Waals surface area contributed by atoms with Crippen molar-refractivity contribution >= 4 is 67.7 Å². The van der Waals surface area contributed by atoms with Crippen LogP contribution < -0.4 is 0 Å². The minimum Gasteiger partial charge on any atom is -0.282 e. The number of benzene rings is 1. The van der Waals surface area contributed by atoms with E-state index in [1.807, 2.05) is 0 Å². The highest BCUT2D eigenvalue weighted by Gasteiger charge is 2.42. The van der Waals surface area contributed by atoms with Crippen molar-refractivity contribution in [3.8, 4) is 5.69 Å². The third-order valence-electron chi connectivity index (χ3n) is 2.73. The standard InChI is InChI=1S/C10H8Br3N3O5S2/c1-6-14-15-9(22(17,18)10(11,12)13)16(6)7-2-4-8(5-3-7)23(19,20)21/h2-5H,1H3,(H,19,20,21). The van der Waals surface area contributed by atoms with Gasteiger partial charge < -0.3 is 0 Å². The van der Waals surface area contributed by atoms with E-state index in [1.54, 1.807) is 6.92 Å². The number of halogens is 3. The molecule has 1 N–H and O–H groups in total. The van der Waals surface area contributed by atoms with Crippen LogP contribution in [-0.2, 0) is 20.0 Å². The third-order valence-corrected chi connectivity index (χ3v) is 8.79. The first-order valence-corrected chi connectivity index (χ1v) is 11.0. The molecule has 0 aliphatic heterocycles. The fraction of sp³-hybridized carbons (Fsp3) is 0.200. The van der Waals surface area contributed by atoms with Crippen molar-refractivity contribution in [1.82, 2.24) is 14.8 Å². The van der Waals surface area contributed by atoms with E-state index in [0.29, 0.717) is 5.69 Å². The maximum absolute atomic E-state index is 12.5. The van der Waals surface area contributed by atoms with Gasteiger partial charge >= 0.3 is 0 Å². The molecule has 0 aliphatic carbocycles. The lowest BCUT2D eigenvalue weighted by Crippen LogP contribution is -2.22. The van der Waals surface area contributed by atoms with E-state index < -0.39 is 21.4 Å². The van der Waals surface area contributed by atoms with E-state index in [-0.39, 0.29) is 15.9 Å². The van der Waals surface area contributed by atoms with Crippen LogP contribution in [0.2, 0.25) is 0 Å². The lowest BCUT2D eigenvalue weighted by molar-refractivity contribution is 0.483. The van der Waals surface area contributed by atoms with Gasteiger partial charge in [-0.25, -0.2) is 8.42 Å². The van der Waals surface area contributed by atoms with E-state index in [4.69, 9.17) is 4.55 Å². The van der Waals surface area contributed by atoms with Crippen molar-refractivity contribution in [3.63, 3.8) is 0 Å². The summed E-state index contributed by atoms with van der Waals surface area (Å²) in [7, 11) is -8.34. The summed E-state index contributed by atoms with van der Waals surface area (Å²) in [6.07, 6.45) is 0. The Morgan fingerprint density at radius 1 is 1.04 bits per heavy atom. The van der Waals surface area contributed by atoms with Gasteiger partial charge in [0.25, 0.3) is 15.3 Å². The average molecular weight is 554 g/mol. The Hall–Kier alpha value is -0.340. The molecular weight excluding hydrogens is 546 g/mol. The first kappa shape index (κ1) is 19.0. The maximum atomic E-state index is 12.5. The zero-order valence-electron chi connectivity index (χ0n) is 11.2. The van der Waals surface area contributed by atoms with Gasteiger partial charge in [-0.15, -0.1) is 10.2 Å². The second-order valence-corrected chi connectivity index (χ2v) is 16.0. The Balaban J connectivity index is 2.65. The van der Waals surface area contributed by atoms with Gasteiger partial charge in [0.1, 0.15) is 5.82 Å². The van der Waals surface area contributed by atoms with E-state index in [2.05, 4.69) is 58.0 Å². The quantitative estimate of drug-likeness (QED) is 0.458. The molecule has 1 heterocycles. The number of nitrogens with zero attached hydrogens (tertiary/aromatic N) is 3. The van der Waals surface area contributed by atoms with Gasteiger partial charge in [0, 0.05) is 5.69 Å². The van der Waals surface area contributed by atoms with Crippen LogP contribution in [0.4, 0.5) is 0 Å². The van der Waals surface area contributed by atoms with E-state index in [0.717, 1.165) is 12.1 Å². The van der Waals surface area contributed by atoms with Gasteiger partial charge in [-0.1, -0.05) is 0 Å². The normalized spacial score (nSPS) is 13.3. The number of aryl methyl sites for hydroxylation is 1. The van der Waals surface area contributed by atoms with Gasteiger partial charge in [-0.3, -0.25) is 9.12 Å². The Morgan fingerprint density at radius 2 is 1.57 bits per heavy atom. The predicted molar refractivity (Wildman–Crippen MR) is 92.6 cm³/mol. The van der Waals surface area contributed by atoms with Gasteiger partial charge in [-0.05, 0) is 79.0 Å². The topological polar surface area (TPSA) is 119 Å². The van der Waals surface area contributed by atoms with Crippen molar-refractivity contribution in [3.05, 3.63) is 30.1 Å². The Bertz CT molecular complexity index is 947. The molecular formula is C10H8Br3N3O5S2. The van der Waals surface area contributed by atoms with Crippen LogP contribution in [0.5, 0.6) is 0 Å². The molecule has 0 saturated carbocycles. The van der Waals surface area contributed by atoms with Crippen LogP contribution in [0, 0.1) is 6.92 Å². The number of hydrogen-bond acceptors (Lipinski definition) is 6. The summed E-state index contributed by atoms with van der Waals surface area (Å²) in [5.41, 5.74) is 0.315. The highest BCUT2D eigenvalue weighted by molar-refractivity contribution is 9.42. The second-order valence-electron chi connectivity index (χ2n) is 4.28. The number of alkyl halides is 3. The van der Waals surface area contributed by atoms with Crippen LogP contribution in [0.1, 0.15) is 5.82 Å². The molecule has 0 atom stereocenters. The Kier molecular flexibility index (Phi) is 5.11. The summed E-state index contributed by atoms with van der Waals surface area (Å²) >= 11 is 8.83. The lowest BCUT2D eigenvalue weighted by Gasteiger charge is -2.14. The van der Waals surface area contributed by atoms with Gasteiger partial charge in [-0.2, -0.15) is 8.42 Å². The largest absolute Gasteiger partial charge is 0.294 e. The van der Waals surface area contributed by atoms with Crippen molar-refractivity contribution in [2.24, 2.45) is 0 Å². The molecule has 13 heteroatoms.